The molecule has 1 fully saturated rings. The molecule has 1 aliphatic rings. The van der Waals surface area contributed by atoms with Crippen LogP contribution in [-0.4, -0.2) is 5.67 Å². The van der Waals surface area contributed by atoms with Crippen LogP contribution in [0.3, 0.4) is 0 Å². The summed E-state index contributed by atoms with van der Waals surface area (Å²) in [6.45, 7) is 6.18. The Kier molecular flexibility index (Phi) is 2.56. The highest BCUT2D eigenvalue weighted by molar-refractivity contribution is 4.90. The van der Waals surface area contributed by atoms with Gasteiger partial charge < -0.3 is 0 Å². The molecule has 0 nitrogen and oxygen atoms in total. The van der Waals surface area contributed by atoms with Crippen molar-refractivity contribution in [1.82, 2.24) is 0 Å². The lowest BCUT2D eigenvalue weighted by Crippen LogP contribution is -2.36. The minimum atomic E-state index is -0.818. The highest BCUT2D eigenvalue weighted by atomic mass is 19.1. The highest BCUT2D eigenvalue weighted by Gasteiger charge is 2.39. The van der Waals surface area contributed by atoms with E-state index in [2.05, 4.69) is 13.8 Å². The van der Waals surface area contributed by atoms with Crippen LogP contribution < -0.4 is 0 Å². The molecule has 11 heavy (non-hydrogen) atoms. The van der Waals surface area contributed by atoms with E-state index < -0.39 is 5.67 Å². The van der Waals surface area contributed by atoms with Gasteiger partial charge in [0, 0.05) is 0 Å². The zero-order valence-electron chi connectivity index (χ0n) is 7.86. The largest absolute Gasteiger partial charge is 0.244 e. The average molecular weight is 158 g/mol. The fraction of sp³-hybridized carbons (Fsp3) is 1.00. The Bertz CT molecular complexity index is 119. The second-order valence-corrected chi connectivity index (χ2v) is 4.66. The fourth-order valence-corrected chi connectivity index (χ4v) is 1.92. The molecule has 0 radical (unpaired) electrons. The first-order valence-electron chi connectivity index (χ1n) is 4.68. The monoisotopic (exact) mass is 158 g/mol. The van der Waals surface area contributed by atoms with Crippen LogP contribution in [0.1, 0.15) is 46.5 Å². The molecule has 0 aliphatic heterocycles. The highest BCUT2D eigenvalue weighted by Crippen LogP contribution is 2.43. The minimum absolute atomic E-state index is 0.687. The summed E-state index contributed by atoms with van der Waals surface area (Å²) in [6.07, 6.45) is 4.11. The molecule has 0 heterocycles. The van der Waals surface area contributed by atoms with Crippen molar-refractivity contribution in [2.75, 3.05) is 0 Å². The summed E-state index contributed by atoms with van der Waals surface area (Å²) in [6, 6.07) is 0. The van der Waals surface area contributed by atoms with E-state index in [4.69, 9.17) is 0 Å². The predicted octanol–water partition coefficient (Wildman–Crippen LogP) is 3.56. The van der Waals surface area contributed by atoms with Gasteiger partial charge in [0.1, 0.15) is 5.67 Å². The SMILES string of the molecule is CC(C)CCC1CC(C)(F)C1. The van der Waals surface area contributed by atoms with Crippen LogP contribution in [-0.2, 0) is 0 Å². The molecule has 0 aromatic carbocycles. The van der Waals surface area contributed by atoms with Crippen molar-refractivity contribution in [3.8, 4) is 0 Å². The Morgan fingerprint density at radius 2 is 2.00 bits per heavy atom. The van der Waals surface area contributed by atoms with Crippen LogP contribution in [0.25, 0.3) is 0 Å². The maximum Gasteiger partial charge on any atom is 0.108 e. The summed E-state index contributed by atoms with van der Waals surface area (Å²) in [5, 5.41) is 0. The van der Waals surface area contributed by atoms with E-state index in [0.29, 0.717) is 5.92 Å². The smallest absolute Gasteiger partial charge is 0.108 e. The summed E-state index contributed by atoms with van der Waals surface area (Å²) in [5.74, 6) is 1.47. The third kappa shape index (κ3) is 2.80. The lowest BCUT2D eigenvalue weighted by molar-refractivity contribution is 0.0190. The first kappa shape index (κ1) is 9.02. The van der Waals surface area contributed by atoms with Crippen molar-refractivity contribution in [1.29, 1.82) is 0 Å². The van der Waals surface area contributed by atoms with Gasteiger partial charge in [0.05, 0.1) is 0 Å². The molecule has 0 amide bonds. The van der Waals surface area contributed by atoms with Gasteiger partial charge >= 0.3 is 0 Å². The maximum absolute atomic E-state index is 13.0. The summed E-state index contributed by atoms with van der Waals surface area (Å²) in [4.78, 5) is 0. The Balaban J connectivity index is 2.05. The number of rotatable bonds is 3. The van der Waals surface area contributed by atoms with Crippen molar-refractivity contribution in [3.05, 3.63) is 0 Å². The number of hydrogen-bond acceptors (Lipinski definition) is 0. The number of halogens is 1. The molecule has 0 unspecified atom stereocenters. The summed E-state index contributed by atoms with van der Waals surface area (Å²) in [5.41, 5.74) is -0.818. The average Bonchev–Trinajstić information content (AvgIpc) is 1.78. The molecule has 0 atom stereocenters. The van der Waals surface area contributed by atoms with Gasteiger partial charge in [-0.2, -0.15) is 0 Å². The van der Waals surface area contributed by atoms with Crippen LogP contribution in [0.2, 0.25) is 0 Å². The van der Waals surface area contributed by atoms with Crippen LogP contribution in [0.5, 0.6) is 0 Å². The molecule has 0 N–H and O–H groups in total. The van der Waals surface area contributed by atoms with Gasteiger partial charge in [-0.25, -0.2) is 4.39 Å². The van der Waals surface area contributed by atoms with Gasteiger partial charge in [-0.15, -0.1) is 0 Å². The van der Waals surface area contributed by atoms with Crippen molar-refractivity contribution >= 4 is 0 Å². The Morgan fingerprint density at radius 3 is 2.36 bits per heavy atom. The predicted molar refractivity (Wildman–Crippen MR) is 46.3 cm³/mol. The van der Waals surface area contributed by atoms with Crippen molar-refractivity contribution in [3.63, 3.8) is 0 Å². The van der Waals surface area contributed by atoms with Gasteiger partial charge in [0.2, 0.25) is 0 Å². The third-order valence-electron chi connectivity index (χ3n) is 2.58. The molecule has 1 aliphatic carbocycles. The quantitative estimate of drug-likeness (QED) is 0.589. The van der Waals surface area contributed by atoms with Crippen molar-refractivity contribution < 1.29 is 4.39 Å². The molecule has 0 bridgehead atoms. The first-order valence-corrected chi connectivity index (χ1v) is 4.68. The second-order valence-electron chi connectivity index (χ2n) is 4.66. The second kappa shape index (κ2) is 3.12. The van der Waals surface area contributed by atoms with Gasteiger partial charge in [-0.05, 0) is 38.0 Å². The van der Waals surface area contributed by atoms with E-state index >= 15 is 0 Å². The van der Waals surface area contributed by atoms with E-state index in [1.165, 1.54) is 12.8 Å². The van der Waals surface area contributed by atoms with Gasteiger partial charge in [-0.3, -0.25) is 0 Å². The van der Waals surface area contributed by atoms with Crippen molar-refractivity contribution in [2.24, 2.45) is 11.8 Å². The Morgan fingerprint density at radius 1 is 1.45 bits per heavy atom. The zero-order chi connectivity index (χ0) is 8.48. The first-order chi connectivity index (χ1) is 4.99. The Labute approximate surface area is 69.2 Å². The number of alkyl halides is 1. The lowest BCUT2D eigenvalue weighted by Gasteiger charge is -2.39. The maximum atomic E-state index is 13.0. The van der Waals surface area contributed by atoms with Crippen LogP contribution >= 0.6 is 0 Å². The van der Waals surface area contributed by atoms with E-state index in [1.807, 2.05) is 0 Å². The fourth-order valence-electron chi connectivity index (χ4n) is 1.92. The van der Waals surface area contributed by atoms with Gasteiger partial charge in [0.25, 0.3) is 0 Å². The van der Waals surface area contributed by atoms with Gasteiger partial charge in [0.15, 0.2) is 0 Å². The minimum Gasteiger partial charge on any atom is -0.244 e. The van der Waals surface area contributed by atoms with E-state index in [1.54, 1.807) is 6.92 Å². The van der Waals surface area contributed by atoms with Gasteiger partial charge in [-0.1, -0.05) is 20.3 Å². The van der Waals surface area contributed by atoms with E-state index in [0.717, 1.165) is 18.8 Å². The molecule has 1 heteroatoms. The van der Waals surface area contributed by atoms with Crippen LogP contribution in [0.4, 0.5) is 4.39 Å². The Hall–Kier alpha value is -0.0700. The third-order valence-corrected chi connectivity index (χ3v) is 2.58. The molecule has 0 saturated heterocycles. The normalized spacial score (nSPS) is 37.4. The molecule has 0 spiro atoms. The van der Waals surface area contributed by atoms with E-state index in [-0.39, 0.29) is 0 Å². The standard InChI is InChI=1S/C10H19F/c1-8(2)4-5-9-6-10(3,11)7-9/h8-9H,4-7H2,1-3H3. The summed E-state index contributed by atoms with van der Waals surface area (Å²) < 4.78 is 13.0. The van der Waals surface area contributed by atoms with Crippen molar-refractivity contribution in [2.45, 2.75) is 52.1 Å². The lowest BCUT2D eigenvalue weighted by atomic mass is 9.71. The molecule has 0 aromatic heterocycles. The summed E-state index contributed by atoms with van der Waals surface area (Å²) in [7, 11) is 0. The van der Waals surface area contributed by atoms with Crippen LogP contribution in [0, 0.1) is 11.8 Å². The molecule has 66 valence electrons. The zero-order valence-corrected chi connectivity index (χ0v) is 7.86. The molecule has 1 rings (SSSR count). The molecule has 0 aromatic rings. The summed E-state index contributed by atoms with van der Waals surface area (Å²) >= 11 is 0. The molecule has 1 saturated carbocycles. The van der Waals surface area contributed by atoms with Crippen LogP contribution in [0.15, 0.2) is 0 Å². The molecular formula is C10H19F. The topological polar surface area (TPSA) is 0 Å². The number of hydrogen-bond donors (Lipinski definition) is 0. The molecular weight excluding hydrogens is 139 g/mol. The van der Waals surface area contributed by atoms with E-state index in [9.17, 15) is 4.39 Å².